The average molecular weight is 365 g/mol. The van der Waals surface area contributed by atoms with Crippen molar-refractivity contribution in [3.63, 3.8) is 0 Å². The minimum atomic E-state index is -0.131. The van der Waals surface area contributed by atoms with E-state index in [0.29, 0.717) is 26.3 Å². The van der Waals surface area contributed by atoms with Crippen molar-refractivity contribution in [3.05, 3.63) is 29.8 Å². The molecule has 26 heavy (non-hydrogen) atoms. The van der Waals surface area contributed by atoms with Crippen LogP contribution in [0.1, 0.15) is 58.9 Å². The number of nitrogens with one attached hydrogen (secondary N) is 2. The number of ether oxygens (including phenoxy) is 2. The molecule has 2 amide bonds. The van der Waals surface area contributed by atoms with E-state index in [2.05, 4.69) is 50.5 Å². The van der Waals surface area contributed by atoms with Gasteiger partial charge in [-0.15, -0.1) is 0 Å². The Balaban J connectivity index is 2.02. The fourth-order valence-electron chi connectivity index (χ4n) is 2.30. The van der Waals surface area contributed by atoms with E-state index in [9.17, 15) is 4.79 Å². The molecule has 0 aromatic heterocycles. The van der Waals surface area contributed by atoms with E-state index >= 15 is 0 Å². The molecule has 0 aliphatic rings. The number of urea groups is 1. The van der Waals surface area contributed by atoms with E-state index in [1.54, 1.807) is 0 Å². The first kappa shape index (κ1) is 22.3. The molecule has 5 nitrogen and oxygen atoms in total. The van der Waals surface area contributed by atoms with Gasteiger partial charge in [0.05, 0.1) is 6.61 Å². The highest BCUT2D eigenvalue weighted by Crippen LogP contribution is 2.24. The van der Waals surface area contributed by atoms with Crippen LogP contribution in [0, 0.1) is 0 Å². The Morgan fingerprint density at radius 2 is 1.50 bits per heavy atom. The van der Waals surface area contributed by atoms with Crippen molar-refractivity contribution in [3.8, 4) is 5.75 Å². The van der Waals surface area contributed by atoms with Gasteiger partial charge >= 0.3 is 6.03 Å². The summed E-state index contributed by atoms with van der Waals surface area (Å²) < 4.78 is 11.2. The molecule has 0 saturated heterocycles. The summed E-state index contributed by atoms with van der Waals surface area (Å²) in [7, 11) is 0. The molecule has 2 N–H and O–H groups in total. The Labute approximate surface area is 158 Å². The maximum Gasteiger partial charge on any atom is 0.314 e. The van der Waals surface area contributed by atoms with E-state index in [1.807, 2.05) is 12.1 Å². The third-order valence-corrected chi connectivity index (χ3v) is 3.99. The lowest BCUT2D eigenvalue weighted by Gasteiger charge is -2.19. The quantitative estimate of drug-likeness (QED) is 0.545. The second-order valence-electron chi connectivity index (χ2n) is 7.48. The van der Waals surface area contributed by atoms with Crippen LogP contribution in [0.25, 0.3) is 0 Å². The predicted molar refractivity (Wildman–Crippen MR) is 107 cm³/mol. The van der Waals surface area contributed by atoms with Gasteiger partial charge in [0.15, 0.2) is 0 Å². The molecule has 0 atom stereocenters. The van der Waals surface area contributed by atoms with Gasteiger partial charge < -0.3 is 20.1 Å². The molecule has 1 rings (SSSR count). The lowest BCUT2D eigenvalue weighted by atomic mass is 9.87. The second kappa shape index (κ2) is 12.6. The van der Waals surface area contributed by atoms with E-state index in [-0.39, 0.29) is 11.4 Å². The number of carbonyl (C=O) groups excluding carboxylic acids is 1. The molecule has 1 aromatic carbocycles. The molecule has 1 aromatic rings. The molecular formula is C21H36N2O3. The van der Waals surface area contributed by atoms with Gasteiger partial charge in [0, 0.05) is 26.3 Å². The molecule has 0 aliphatic heterocycles. The first-order valence-electron chi connectivity index (χ1n) is 9.76. The fraction of sp³-hybridized carbons (Fsp3) is 0.667. The number of amides is 2. The van der Waals surface area contributed by atoms with E-state index < -0.39 is 0 Å². The zero-order chi connectivity index (χ0) is 19.3. The average Bonchev–Trinajstić information content (AvgIpc) is 2.60. The zero-order valence-corrected chi connectivity index (χ0v) is 16.9. The lowest BCUT2D eigenvalue weighted by Crippen LogP contribution is -2.37. The first-order valence-corrected chi connectivity index (χ1v) is 9.76. The minimum Gasteiger partial charge on any atom is -0.494 e. The van der Waals surface area contributed by atoms with Crippen LogP contribution in [-0.4, -0.2) is 38.9 Å². The Morgan fingerprint density at radius 3 is 2.08 bits per heavy atom. The van der Waals surface area contributed by atoms with Crippen LogP contribution in [0.15, 0.2) is 24.3 Å². The van der Waals surface area contributed by atoms with Crippen molar-refractivity contribution in [2.75, 3.05) is 32.9 Å². The number of rotatable bonds is 12. The van der Waals surface area contributed by atoms with Gasteiger partial charge in [-0.2, -0.15) is 0 Å². The Hall–Kier alpha value is -1.75. The van der Waals surface area contributed by atoms with E-state index in [1.165, 1.54) is 5.56 Å². The normalized spacial score (nSPS) is 11.2. The smallest absolute Gasteiger partial charge is 0.314 e. The lowest BCUT2D eigenvalue weighted by molar-refractivity contribution is 0.129. The minimum absolute atomic E-state index is 0.131. The third kappa shape index (κ3) is 10.3. The maximum atomic E-state index is 11.6. The number of hydrogen-bond donors (Lipinski definition) is 2. The summed E-state index contributed by atoms with van der Waals surface area (Å²) in [5, 5.41) is 5.67. The summed E-state index contributed by atoms with van der Waals surface area (Å²) in [5.41, 5.74) is 1.44. The highest BCUT2D eigenvalue weighted by atomic mass is 16.5. The first-order chi connectivity index (χ1) is 12.4. The fourth-order valence-corrected chi connectivity index (χ4v) is 2.30. The van der Waals surface area contributed by atoms with Crippen molar-refractivity contribution < 1.29 is 14.3 Å². The monoisotopic (exact) mass is 364 g/mol. The van der Waals surface area contributed by atoms with Gasteiger partial charge in [-0.1, -0.05) is 46.2 Å². The van der Waals surface area contributed by atoms with Crippen LogP contribution in [-0.2, 0) is 10.2 Å². The Bertz CT molecular complexity index is 495. The molecule has 5 heteroatoms. The summed E-state index contributed by atoms with van der Waals surface area (Å²) in [6.07, 6.45) is 3.85. The summed E-state index contributed by atoms with van der Waals surface area (Å²) in [5.74, 6) is 0.866. The van der Waals surface area contributed by atoms with Gasteiger partial charge in [0.2, 0.25) is 0 Å². The topological polar surface area (TPSA) is 59.6 Å². The number of hydrogen-bond acceptors (Lipinski definition) is 3. The standard InChI is InChI=1S/C21H36N2O3/c1-5-6-15-25-16-7-13-22-20(24)23-14-8-17-26-19-11-9-18(10-12-19)21(2,3)4/h9-12H,5-8,13-17H2,1-4H3,(H2,22,23,24). The highest BCUT2D eigenvalue weighted by Gasteiger charge is 2.12. The summed E-state index contributed by atoms with van der Waals surface area (Å²) in [6.45, 7) is 12.0. The molecule has 0 saturated carbocycles. The molecule has 0 fully saturated rings. The third-order valence-electron chi connectivity index (χ3n) is 3.99. The molecule has 0 aliphatic carbocycles. The van der Waals surface area contributed by atoms with Gasteiger partial charge in [-0.05, 0) is 42.4 Å². The second-order valence-corrected chi connectivity index (χ2v) is 7.48. The SMILES string of the molecule is CCCCOCCCNC(=O)NCCCOc1ccc(C(C)(C)C)cc1. The molecule has 0 heterocycles. The van der Waals surface area contributed by atoms with Crippen molar-refractivity contribution in [2.45, 2.75) is 58.8 Å². The molecule has 0 radical (unpaired) electrons. The van der Waals surface area contributed by atoms with Gasteiger partial charge in [-0.3, -0.25) is 0 Å². The van der Waals surface area contributed by atoms with Crippen LogP contribution in [0.5, 0.6) is 5.75 Å². The predicted octanol–water partition coefficient (Wildman–Crippen LogP) is 4.26. The molecule has 148 valence electrons. The highest BCUT2D eigenvalue weighted by molar-refractivity contribution is 5.73. The summed E-state index contributed by atoms with van der Waals surface area (Å²) in [6, 6.07) is 8.08. The number of benzene rings is 1. The van der Waals surface area contributed by atoms with Crippen molar-refractivity contribution in [1.29, 1.82) is 0 Å². The largest absolute Gasteiger partial charge is 0.494 e. The Kier molecular flexibility index (Phi) is 10.8. The molecular weight excluding hydrogens is 328 g/mol. The number of unbranched alkanes of at least 4 members (excludes halogenated alkanes) is 1. The summed E-state index contributed by atoms with van der Waals surface area (Å²) >= 11 is 0. The van der Waals surface area contributed by atoms with Crippen molar-refractivity contribution in [1.82, 2.24) is 10.6 Å². The molecule has 0 spiro atoms. The van der Waals surface area contributed by atoms with Crippen LogP contribution in [0.3, 0.4) is 0 Å². The maximum absolute atomic E-state index is 11.6. The van der Waals surface area contributed by atoms with E-state index in [4.69, 9.17) is 9.47 Å². The van der Waals surface area contributed by atoms with Gasteiger partial charge in [-0.25, -0.2) is 4.79 Å². The van der Waals surface area contributed by atoms with Crippen LogP contribution < -0.4 is 15.4 Å². The Morgan fingerprint density at radius 1 is 0.923 bits per heavy atom. The van der Waals surface area contributed by atoms with E-state index in [0.717, 1.165) is 38.0 Å². The van der Waals surface area contributed by atoms with Gasteiger partial charge in [0.1, 0.15) is 5.75 Å². The molecule has 0 bridgehead atoms. The van der Waals surface area contributed by atoms with Crippen molar-refractivity contribution >= 4 is 6.03 Å². The van der Waals surface area contributed by atoms with Crippen molar-refractivity contribution in [2.24, 2.45) is 0 Å². The zero-order valence-electron chi connectivity index (χ0n) is 16.9. The molecule has 0 unspecified atom stereocenters. The number of carbonyl (C=O) groups is 1. The van der Waals surface area contributed by atoms with Gasteiger partial charge in [0.25, 0.3) is 0 Å². The van der Waals surface area contributed by atoms with Crippen LogP contribution in [0.2, 0.25) is 0 Å². The summed E-state index contributed by atoms with van der Waals surface area (Å²) in [4.78, 5) is 11.6. The van der Waals surface area contributed by atoms with Crippen LogP contribution in [0.4, 0.5) is 4.79 Å². The van der Waals surface area contributed by atoms with Crippen LogP contribution >= 0.6 is 0 Å².